The molecule has 1 heterocycles. The maximum Gasteiger partial charge on any atom is 0.260 e. The lowest BCUT2D eigenvalue weighted by atomic mass is 10.1. The second kappa shape index (κ2) is 10.6. The van der Waals surface area contributed by atoms with Crippen LogP contribution in [0.25, 0.3) is 11.3 Å². The highest BCUT2D eigenvalue weighted by Crippen LogP contribution is 2.38. The molecular weight excluding hydrogens is 418 g/mol. The number of hydrogen-bond acceptors (Lipinski definition) is 6. The van der Waals surface area contributed by atoms with Crippen molar-refractivity contribution in [2.24, 2.45) is 0 Å². The van der Waals surface area contributed by atoms with Crippen LogP contribution in [-0.2, 0) is 4.79 Å². The van der Waals surface area contributed by atoms with Gasteiger partial charge in [0.15, 0.2) is 4.34 Å². The molecule has 154 valence electrons. The molecule has 0 atom stereocenters. The molecule has 30 heavy (non-hydrogen) atoms. The minimum atomic E-state index is -0.284. The van der Waals surface area contributed by atoms with Crippen molar-refractivity contribution in [2.75, 3.05) is 24.7 Å². The van der Waals surface area contributed by atoms with Gasteiger partial charge in [0.25, 0.3) is 5.91 Å². The van der Waals surface area contributed by atoms with Crippen LogP contribution in [0, 0.1) is 0 Å². The molecular formula is C22H21N3O3S2. The van der Waals surface area contributed by atoms with Gasteiger partial charge in [0.2, 0.25) is 5.91 Å². The Morgan fingerprint density at radius 2 is 1.90 bits per heavy atom. The number of ether oxygens (including phenoxy) is 1. The fourth-order valence-electron chi connectivity index (χ4n) is 2.61. The number of carbonyl (C=O) groups excluding carboxylic acids is 2. The van der Waals surface area contributed by atoms with Gasteiger partial charge >= 0.3 is 0 Å². The molecule has 0 unspecified atom stereocenters. The molecule has 0 aliphatic heterocycles. The number of carbonyl (C=O) groups is 2. The summed E-state index contributed by atoms with van der Waals surface area (Å²) in [5, 5.41) is 6.31. The Balaban J connectivity index is 1.84. The molecule has 2 amide bonds. The van der Waals surface area contributed by atoms with Crippen molar-refractivity contribution in [3.05, 3.63) is 72.8 Å². The van der Waals surface area contributed by atoms with Gasteiger partial charge in [-0.15, -0.1) is 6.58 Å². The molecule has 3 aromatic rings. The second-order valence-corrected chi connectivity index (χ2v) is 8.28. The largest absolute Gasteiger partial charge is 0.496 e. The van der Waals surface area contributed by atoms with Crippen LogP contribution in [0.1, 0.15) is 10.4 Å². The number of para-hydroxylation sites is 1. The monoisotopic (exact) mass is 439 g/mol. The molecule has 3 rings (SSSR count). The lowest BCUT2D eigenvalue weighted by Crippen LogP contribution is -2.24. The van der Waals surface area contributed by atoms with Gasteiger partial charge in [-0.2, -0.15) is 0 Å². The topological polar surface area (TPSA) is 80.3 Å². The number of nitrogens with one attached hydrogen (secondary N) is 2. The van der Waals surface area contributed by atoms with Crippen molar-refractivity contribution < 1.29 is 14.3 Å². The Labute approximate surface area is 183 Å². The highest BCUT2D eigenvalue weighted by molar-refractivity contribution is 8.01. The molecule has 0 fully saturated rings. The van der Waals surface area contributed by atoms with Crippen LogP contribution in [0.3, 0.4) is 0 Å². The van der Waals surface area contributed by atoms with Gasteiger partial charge in [-0.1, -0.05) is 71.6 Å². The van der Waals surface area contributed by atoms with E-state index in [-0.39, 0.29) is 17.6 Å². The normalized spacial score (nSPS) is 10.3. The molecule has 0 saturated heterocycles. The van der Waals surface area contributed by atoms with E-state index in [2.05, 4.69) is 22.2 Å². The van der Waals surface area contributed by atoms with Crippen LogP contribution in [0.2, 0.25) is 0 Å². The fourth-order valence-corrected chi connectivity index (χ4v) is 4.50. The van der Waals surface area contributed by atoms with Gasteiger partial charge in [-0.05, 0) is 12.1 Å². The number of methoxy groups -OCH3 is 1. The number of benzene rings is 2. The van der Waals surface area contributed by atoms with Crippen molar-refractivity contribution in [1.29, 1.82) is 0 Å². The molecule has 0 aliphatic rings. The zero-order valence-electron chi connectivity index (χ0n) is 16.4. The Bertz CT molecular complexity index is 1040. The first kappa shape index (κ1) is 21.6. The van der Waals surface area contributed by atoms with E-state index in [4.69, 9.17) is 4.74 Å². The zero-order valence-corrected chi connectivity index (χ0v) is 18.0. The van der Waals surface area contributed by atoms with Crippen LogP contribution < -0.4 is 15.4 Å². The highest BCUT2D eigenvalue weighted by atomic mass is 32.2. The SMILES string of the molecule is C=CCNC(=O)CSc1nc(-c2ccccc2)c(NC(=O)c2ccccc2OC)s1. The average molecular weight is 440 g/mol. The first-order valence-corrected chi connectivity index (χ1v) is 10.9. The smallest absolute Gasteiger partial charge is 0.260 e. The number of thiazole rings is 1. The molecule has 0 spiro atoms. The summed E-state index contributed by atoms with van der Waals surface area (Å²) in [5.41, 5.74) is 1.98. The summed E-state index contributed by atoms with van der Waals surface area (Å²) in [6, 6.07) is 16.6. The minimum absolute atomic E-state index is 0.101. The fraction of sp³-hybridized carbons (Fsp3) is 0.136. The molecule has 1 aromatic heterocycles. The summed E-state index contributed by atoms with van der Waals surface area (Å²) in [4.78, 5) is 29.4. The van der Waals surface area contributed by atoms with Crippen LogP contribution in [0.4, 0.5) is 5.00 Å². The van der Waals surface area contributed by atoms with Crippen molar-refractivity contribution in [3.63, 3.8) is 0 Å². The van der Waals surface area contributed by atoms with Crippen molar-refractivity contribution in [3.8, 4) is 17.0 Å². The number of thioether (sulfide) groups is 1. The molecule has 0 bridgehead atoms. The highest BCUT2D eigenvalue weighted by Gasteiger charge is 2.19. The third-order valence-corrected chi connectivity index (χ3v) is 6.12. The van der Waals surface area contributed by atoms with Gasteiger partial charge in [-0.3, -0.25) is 9.59 Å². The molecule has 0 radical (unpaired) electrons. The Morgan fingerprint density at radius 3 is 2.63 bits per heavy atom. The van der Waals surface area contributed by atoms with Crippen LogP contribution in [0.5, 0.6) is 5.75 Å². The number of aromatic nitrogens is 1. The molecule has 2 aromatic carbocycles. The molecule has 6 nitrogen and oxygen atoms in total. The lowest BCUT2D eigenvalue weighted by Gasteiger charge is -2.09. The van der Waals surface area contributed by atoms with E-state index in [0.29, 0.717) is 32.9 Å². The van der Waals surface area contributed by atoms with Crippen molar-refractivity contribution in [2.45, 2.75) is 4.34 Å². The predicted molar refractivity (Wildman–Crippen MR) is 122 cm³/mol. The maximum absolute atomic E-state index is 12.9. The van der Waals surface area contributed by atoms with E-state index in [1.807, 2.05) is 36.4 Å². The molecule has 0 saturated carbocycles. The van der Waals surface area contributed by atoms with E-state index in [9.17, 15) is 9.59 Å². The predicted octanol–water partition coefficient (Wildman–Crippen LogP) is 4.47. The van der Waals surface area contributed by atoms with Gasteiger partial charge in [0, 0.05) is 12.1 Å². The van der Waals surface area contributed by atoms with Crippen LogP contribution in [0.15, 0.2) is 71.6 Å². The molecule has 2 N–H and O–H groups in total. The summed E-state index contributed by atoms with van der Waals surface area (Å²) in [6.45, 7) is 4.01. The summed E-state index contributed by atoms with van der Waals surface area (Å²) in [5.74, 6) is 0.342. The Morgan fingerprint density at radius 1 is 1.17 bits per heavy atom. The molecule has 8 heteroatoms. The van der Waals surface area contributed by atoms with E-state index in [1.54, 1.807) is 24.3 Å². The third-order valence-electron chi connectivity index (χ3n) is 4.00. The molecule has 0 aliphatic carbocycles. The van der Waals surface area contributed by atoms with Crippen LogP contribution in [-0.4, -0.2) is 36.2 Å². The summed E-state index contributed by atoms with van der Waals surface area (Å²) in [7, 11) is 1.53. The van der Waals surface area contributed by atoms with E-state index in [0.717, 1.165) is 5.56 Å². The number of anilines is 1. The number of rotatable bonds is 9. The first-order valence-electron chi connectivity index (χ1n) is 9.13. The third kappa shape index (κ3) is 5.49. The van der Waals surface area contributed by atoms with E-state index in [1.165, 1.54) is 30.2 Å². The average Bonchev–Trinajstić information content (AvgIpc) is 3.19. The number of nitrogens with zero attached hydrogens (tertiary/aromatic N) is 1. The standard InChI is InChI=1S/C22H21N3O3S2/c1-3-13-23-18(26)14-29-22-24-19(15-9-5-4-6-10-15)21(30-22)25-20(27)16-11-7-8-12-17(16)28-2/h3-12H,1,13-14H2,2H3,(H,23,26)(H,25,27). The summed E-state index contributed by atoms with van der Waals surface area (Å²) < 4.78 is 5.99. The van der Waals surface area contributed by atoms with Gasteiger partial charge in [-0.25, -0.2) is 4.98 Å². The summed E-state index contributed by atoms with van der Waals surface area (Å²) in [6.07, 6.45) is 1.63. The Kier molecular flexibility index (Phi) is 7.64. The zero-order chi connectivity index (χ0) is 21.3. The quantitative estimate of drug-likeness (QED) is 0.380. The number of hydrogen-bond donors (Lipinski definition) is 2. The van der Waals surface area contributed by atoms with E-state index < -0.39 is 0 Å². The first-order chi connectivity index (χ1) is 14.6. The van der Waals surface area contributed by atoms with Gasteiger partial charge in [0.05, 0.1) is 18.4 Å². The minimum Gasteiger partial charge on any atom is -0.496 e. The Hall–Kier alpha value is -3.10. The number of amides is 2. The van der Waals surface area contributed by atoms with Gasteiger partial charge in [0.1, 0.15) is 16.4 Å². The van der Waals surface area contributed by atoms with Crippen LogP contribution >= 0.6 is 23.1 Å². The van der Waals surface area contributed by atoms with Crippen molar-refractivity contribution in [1.82, 2.24) is 10.3 Å². The second-order valence-electron chi connectivity index (χ2n) is 6.06. The lowest BCUT2D eigenvalue weighted by molar-refractivity contribution is -0.118. The summed E-state index contributed by atoms with van der Waals surface area (Å²) >= 11 is 2.66. The van der Waals surface area contributed by atoms with E-state index >= 15 is 0 Å². The maximum atomic E-state index is 12.9. The van der Waals surface area contributed by atoms with Crippen molar-refractivity contribution >= 4 is 39.9 Å². The van der Waals surface area contributed by atoms with Gasteiger partial charge < -0.3 is 15.4 Å².